The molecule has 1 unspecified atom stereocenters. The molecule has 15 heavy (non-hydrogen) atoms. The van der Waals surface area contributed by atoms with Gasteiger partial charge in [-0.3, -0.25) is 9.00 Å². The van der Waals surface area contributed by atoms with Crippen LogP contribution in [0.15, 0.2) is 29.2 Å². The maximum absolute atomic E-state index is 12.5. The molecule has 0 aliphatic rings. The van der Waals surface area contributed by atoms with Crippen LogP contribution in [0.2, 0.25) is 0 Å². The second-order valence-corrected chi connectivity index (χ2v) is 4.37. The average Bonchev–Trinajstić information content (AvgIpc) is 2.18. The van der Waals surface area contributed by atoms with Gasteiger partial charge in [-0.05, 0) is 24.3 Å². The second kappa shape index (κ2) is 5.72. The number of Topliss-reactive ketones (excluding diaryl/α,β-unsaturated/α-hetero) is 1. The third-order valence-electron chi connectivity index (χ3n) is 1.67. The Morgan fingerprint density at radius 1 is 1.40 bits per heavy atom. The zero-order valence-electron chi connectivity index (χ0n) is 8.23. The average molecular weight is 230 g/mol. The Morgan fingerprint density at radius 3 is 2.53 bits per heavy atom. The Hall–Kier alpha value is -1.07. The summed E-state index contributed by atoms with van der Waals surface area (Å²) in [6.45, 7) is -0.0487. The van der Waals surface area contributed by atoms with Gasteiger partial charge in [-0.15, -0.1) is 0 Å². The molecule has 3 nitrogen and oxygen atoms in total. The Balaban J connectivity index is 2.61. The van der Waals surface area contributed by atoms with Gasteiger partial charge in [0.1, 0.15) is 12.4 Å². The highest BCUT2D eigenvalue weighted by atomic mass is 32.2. The minimum Gasteiger partial charge on any atom is -0.377 e. The fourth-order valence-corrected chi connectivity index (χ4v) is 2.00. The van der Waals surface area contributed by atoms with E-state index in [0.29, 0.717) is 4.90 Å². The van der Waals surface area contributed by atoms with Gasteiger partial charge in [0, 0.05) is 12.0 Å². The number of hydrogen-bond acceptors (Lipinski definition) is 3. The Labute approximate surface area is 89.7 Å². The normalized spacial score (nSPS) is 12.4. The van der Waals surface area contributed by atoms with E-state index in [0.717, 1.165) is 0 Å². The first-order chi connectivity index (χ1) is 7.13. The van der Waals surface area contributed by atoms with Crippen molar-refractivity contribution >= 4 is 16.6 Å². The van der Waals surface area contributed by atoms with Gasteiger partial charge in [0.2, 0.25) is 0 Å². The van der Waals surface area contributed by atoms with E-state index in [4.69, 9.17) is 0 Å². The summed E-state index contributed by atoms with van der Waals surface area (Å²) >= 11 is 0. The molecule has 0 amide bonds. The van der Waals surface area contributed by atoms with Crippen molar-refractivity contribution < 1.29 is 18.1 Å². The lowest BCUT2D eigenvalue weighted by molar-refractivity contribution is -0.120. The highest BCUT2D eigenvalue weighted by Gasteiger charge is 2.09. The van der Waals surface area contributed by atoms with Crippen LogP contribution in [0.3, 0.4) is 0 Å². The number of benzene rings is 1. The molecule has 1 atom stereocenters. The summed E-state index contributed by atoms with van der Waals surface area (Å²) < 4.78 is 28.7. The molecule has 0 aromatic heterocycles. The van der Waals surface area contributed by atoms with Crippen molar-refractivity contribution in [2.24, 2.45) is 0 Å². The zero-order valence-corrected chi connectivity index (χ0v) is 9.05. The molecule has 0 heterocycles. The molecule has 1 aromatic carbocycles. The quantitative estimate of drug-likeness (QED) is 0.762. The van der Waals surface area contributed by atoms with Gasteiger partial charge in [0.05, 0.1) is 16.6 Å². The highest BCUT2D eigenvalue weighted by Crippen LogP contribution is 2.08. The lowest BCUT2D eigenvalue weighted by Crippen LogP contribution is -2.15. The number of ketones is 1. The third kappa shape index (κ3) is 3.89. The fraction of sp³-hybridized carbons (Fsp3) is 0.300. The van der Waals surface area contributed by atoms with E-state index in [1.165, 1.54) is 31.4 Å². The monoisotopic (exact) mass is 230 g/mol. The largest absolute Gasteiger partial charge is 0.377 e. The molecule has 5 heteroatoms. The van der Waals surface area contributed by atoms with Crippen LogP contribution in [0.5, 0.6) is 0 Å². The van der Waals surface area contributed by atoms with Gasteiger partial charge < -0.3 is 4.74 Å². The van der Waals surface area contributed by atoms with Crippen molar-refractivity contribution in [2.45, 2.75) is 4.90 Å². The van der Waals surface area contributed by atoms with Crippen LogP contribution in [-0.2, 0) is 20.3 Å². The lowest BCUT2D eigenvalue weighted by Gasteiger charge is -2.01. The smallest absolute Gasteiger partial charge is 0.171 e. The van der Waals surface area contributed by atoms with E-state index in [1.54, 1.807) is 0 Å². The van der Waals surface area contributed by atoms with E-state index < -0.39 is 10.8 Å². The molecule has 1 rings (SSSR count). The number of rotatable bonds is 5. The van der Waals surface area contributed by atoms with Crippen LogP contribution in [0, 0.1) is 5.82 Å². The molecule has 0 saturated carbocycles. The summed E-state index contributed by atoms with van der Waals surface area (Å²) in [5.41, 5.74) is 0. The fourth-order valence-electron chi connectivity index (χ4n) is 1.02. The first kappa shape index (κ1) is 12.0. The molecule has 0 radical (unpaired) electrons. The van der Waals surface area contributed by atoms with E-state index in [2.05, 4.69) is 4.74 Å². The number of halogens is 1. The van der Waals surface area contributed by atoms with Crippen LogP contribution in [-0.4, -0.2) is 29.5 Å². The van der Waals surface area contributed by atoms with Crippen LogP contribution < -0.4 is 0 Å². The zero-order chi connectivity index (χ0) is 11.3. The van der Waals surface area contributed by atoms with Crippen molar-refractivity contribution in [3.05, 3.63) is 30.1 Å². The number of hydrogen-bond donors (Lipinski definition) is 0. The van der Waals surface area contributed by atoms with Crippen molar-refractivity contribution in [3.8, 4) is 0 Å². The van der Waals surface area contributed by atoms with Crippen molar-refractivity contribution in [2.75, 3.05) is 19.5 Å². The Bertz CT molecular complexity index is 361. The van der Waals surface area contributed by atoms with Crippen LogP contribution >= 0.6 is 0 Å². The molecule has 0 fully saturated rings. The van der Waals surface area contributed by atoms with E-state index >= 15 is 0 Å². The number of methoxy groups -OCH3 is 1. The first-order valence-electron chi connectivity index (χ1n) is 4.28. The highest BCUT2D eigenvalue weighted by molar-refractivity contribution is 7.85. The number of carbonyl (C=O) groups is 1. The first-order valence-corrected chi connectivity index (χ1v) is 5.60. The third-order valence-corrected chi connectivity index (χ3v) is 3.06. The molecule has 0 N–H and O–H groups in total. The lowest BCUT2D eigenvalue weighted by atomic mass is 10.4. The van der Waals surface area contributed by atoms with Gasteiger partial charge in [-0.2, -0.15) is 0 Å². The summed E-state index contributed by atoms with van der Waals surface area (Å²) in [6, 6.07) is 5.25. The summed E-state index contributed by atoms with van der Waals surface area (Å²) in [7, 11) is -0.0180. The maximum Gasteiger partial charge on any atom is 0.171 e. The standard InChI is InChI=1S/C10H11FO3S/c1-14-6-9(12)7-15(13)10-4-2-8(11)3-5-10/h2-5H,6-7H2,1H3. The van der Waals surface area contributed by atoms with E-state index in [9.17, 15) is 13.4 Å². The number of carbonyl (C=O) groups excluding carboxylic acids is 1. The molecule has 0 aliphatic carbocycles. The Kier molecular flexibility index (Phi) is 4.58. The maximum atomic E-state index is 12.5. The molecule has 82 valence electrons. The molecule has 0 spiro atoms. The van der Waals surface area contributed by atoms with Crippen LogP contribution in [0.4, 0.5) is 4.39 Å². The van der Waals surface area contributed by atoms with Gasteiger partial charge in [-0.25, -0.2) is 4.39 Å². The molecule has 0 bridgehead atoms. The summed E-state index contributed by atoms with van der Waals surface area (Å²) in [4.78, 5) is 11.5. The molecular formula is C10H11FO3S. The molecule has 1 aromatic rings. The SMILES string of the molecule is COCC(=O)CS(=O)c1ccc(F)cc1. The summed E-state index contributed by atoms with van der Waals surface area (Å²) in [5, 5.41) is 0. The van der Waals surface area contributed by atoms with Crippen molar-refractivity contribution in [3.63, 3.8) is 0 Å². The van der Waals surface area contributed by atoms with Crippen molar-refractivity contribution in [1.82, 2.24) is 0 Å². The summed E-state index contributed by atoms with van der Waals surface area (Å²) in [5.74, 6) is -0.724. The number of ether oxygens (including phenoxy) is 1. The minimum atomic E-state index is -1.42. The van der Waals surface area contributed by atoms with Gasteiger partial charge in [-0.1, -0.05) is 0 Å². The molecular weight excluding hydrogens is 219 g/mol. The van der Waals surface area contributed by atoms with Gasteiger partial charge >= 0.3 is 0 Å². The van der Waals surface area contributed by atoms with E-state index in [-0.39, 0.29) is 24.0 Å². The predicted octanol–water partition coefficient (Wildman–Crippen LogP) is 1.15. The summed E-state index contributed by atoms with van der Waals surface area (Å²) in [6.07, 6.45) is 0. The van der Waals surface area contributed by atoms with E-state index in [1.807, 2.05) is 0 Å². The van der Waals surface area contributed by atoms with Crippen LogP contribution in [0.25, 0.3) is 0 Å². The second-order valence-electron chi connectivity index (χ2n) is 2.92. The van der Waals surface area contributed by atoms with Crippen LogP contribution in [0.1, 0.15) is 0 Å². The Morgan fingerprint density at radius 2 is 2.00 bits per heavy atom. The van der Waals surface area contributed by atoms with Gasteiger partial charge in [0.15, 0.2) is 5.78 Å². The topological polar surface area (TPSA) is 43.4 Å². The molecule has 0 aliphatic heterocycles. The van der Waals surface area contributed by atoms with Crippen molar-refractivity contribution in [1.29, 1.82) is 0 Å². The minimum absolute atomic E-state index is 0.0487. The molecule has 0 saturated heterocycles. The predicted molar refractivity (Wildman–Crippen MR) is 54.6 cm³/mol. The van der Waals surface area contributed by atoms with Gasteiger partial charge in [0.25, 0.3) is 0 Å².